The molecular weight excluding hydrogens is 228 g/mol. The molecule has 0 aliphatic carbocycles. The number of aryl methyl sites for hydroxylation is 2. The predicted octanol–water partition coefficient (Wildman–Crippen LogP) is 3.80. The fraction of sp³-hybridized carbons (Fsp3) is 0.214. The Labute approximate surface area is 104 Å². The maximum atomic E-state index is 4.58. The van der Waals surface area contributed by atoms with Crippen molar-refractivity contribution in [3.63, 3.8) is 0 Å². The third kappa shape index (κ3) is 2.39. The summed E-state index contributed by atoms with van der Waals surface area (Å²) in [5.74, 6) is 1.10. The number of thiophene rings is 1. The number of aromatic nitrogens is 2. The molecule has 0 fully saturated rings. The van der Waals surface area contributed by atoms with E-state index in [4.69, 9.17) is 0 Å². The molecule has 2 heterocycles. The van der Waals surface area contributed by atoms with Crippen LogP contribution in [-0.2, 0) is 12.8 Å². The van der Waals surface area contributed by atoms with Crippen LogP contribution in [0.25, 0.3) is 11.0 Å². The Hall–Kier alpha value is -1.61. The number of para-hydroxylation sites is 2. The molecule has 0 aliphatic rings. The van der Waals surface area contributed by atoms with E-state index in [1.807, 2.05) is 23.5 Å². The number of fused-ring (bicyclic) bond motifs is 1. The standard InChI is InChI=1S/C14H14N2S/c1-2-8-13-12(7-1)15-14(16-13)9-3-5-11-6-4-10-17-11/h1-2,4,6-8,10H,3,5,9H2,(H,15,16). The summed E-state index contributed by atoms with van der Waals surface area (Å²) in [5, 5.41) is 2.14. The Morgan fingerprint density at radius 3 is 2.82 bits per heavy atom. The van der Waals surface area contributed by atoms with Gasteiger partial charge in [0.1, 0.15) is 5.82 Å². The van der Waals surface area contributed by atoms with Gasteiger partial charge in [0.15, 0.2) is 0 Å². The van der Waals surface area contributed by atoms with Crippen LogP contribution in [0.15, 0.2) is 41.8 Å². The van der Waals surface area contributed by atoms with Gasteiger partial charge in [-0.25, -0.2) is 4.98 Å². The lowest BCUT2D eigenvalue weighted by Gasteiger charge is -1.95. The molecular formula is C14H14N2S. The number of aromatic amines is 1. The Morgan fingerprint density at radius 2 is 2.00 bits per heavy atom. The molecule has 2 nitrogen and oxygen atoms in total. The van der Waals surface area contributed by atoms with Crippen LogP contribution in [-0.4, -0.2) is 9.97 Å². The summed E-state index contributed by atoms with van der Waals surface area (Å²) in [6.45, 7) is 0. The van der Waals surface area contributed by atoms with Crippen molar-refractivity contribution in [3.8, 4) is 0 Å². The first-order valence-corrected chi connectivity index (χ1v) is 6.76. The highest BCUT2D eigenvalue weighted by Crippen LogP contribution is 2.14. The van der Waals surface area contributed by atoms with Crippen molar-refractivity contribution < 1.29 is 0 Å². The molecule has 0 aliphatic heterocycles. The third-order valence-corrected chi connectivity index (χ3v) is 3.79. The first-order chi connectivity index (χ1) is 8.42. The van der Waals surface area contributed by atoms with E-state index in [1.165, 1.54) is 4.88 Å². The van der Waals surface area contributed by atoms with Crippen LogP contribution in [0.4, 0.5) is 0 Å². The number of imidazole rings is 1. The largest absolute Gasteiger partial charge is 0.342 e. The van der Waals surface area contributed by atoms with Gasteiger partial charge in [-0.15, -0.1) is 11.3 Å². The van der Waals surface area contributed by atoms with Gasteiger partial charge >= 0.3 is 0 Å². The third-order valence-electron chi connectivity index (χ3n) is 2.86. The van der Waals surface area contributed by atoms with Crippen molar-refractivity contribution in [3.05, 3.63) is 52.5 Å². The lowest BCUT2D eigenvalue weighted by Crippen LogP contribution is -1.90. The Bertz CT molecular complexity index is 563. The Balaban J connectivity index is 1.65. The topological polar surface area (TPSA) is 28.7 Å². The summed E-state index contributed by atoms with van der Waals surface area (Å²) in [6.07, 6.45) is 3.32. The van der Waals surface area contributed by atoms with Crippen LogP contribution in [0.2, 0.25) is 0 Å². The lowest BCUT2D eigenvalue weighted by molar-refractivity contribution is 0.793. The Morgan fingerprint density at radius 1 is 1.06 bits per heavy atom. The van der Waals surface area contributed by atoms with Gasteiger partial charge in [-0.05, 0) is 36.4 Å². The van der Waals surface area contributed by atoms with Gasteiger partial charge in [0, 0.05) is 11.3 Å². The van der Waals surface area contributed by atoms with Gasteiger partial charge < -0.3 is 4.98 Å². The Kier molecular flexibility index (Phi) is 2.92. The van der Waals surface area contributed by atoms with Gasteiger partial charge in [-0.2, -0.15) is 0 Å². The molecule has 0 unspecified atom stereocenters. The number of nitrogens with zero attached hydrogens (tertiary/aromatic N) is 1. The molecule has 0 radical (unpaired) electrons. The SMILES string of the molecule is c1csc(CCCc2nc3ccccc3[nH]2)c1. The summed E-state index contributed by atoms with van der Waals surface area (Å²) in [4.78, 5) is 9.41. The highest BCUT2D eigenvalue weighted by molar-refractivity contribution is 7.09. The van der Waals surface area contributed by atoms with Gasteiger partial charge in [-0.1, -0.05) is 18.2 Å². The van der Waals surface area contributed by atoms with Gasteiger partial charge in [0.2, 0.25) is 0 Å². The maximum absolute atomic E-state index is 4.58. The first-order valence-electron chi connectivity index (χ1n) is 5.88. The van der Waals surface area contributed by atoms with Crippen LogP contribution < -0.4 is 0 Å². The summed E-state index contributed by atoms with van der Waals surface area (Å²) in [5.41, 5.74) is 2.21. The molecule has 0 saturated carbocycles. The van der Waals surface area contributed by atoms with Crippen molar-refractivity contribution in [2.75, 3.05) is 0 Å². The zero-order chi connectivity index (χ0) is 11.5. The van der Waals surface area contributed by atoms with E-state index in [2.05, 4.69) is 39.6 Å². The average Bonchev–Trinajstić information content (AvgIpc) is 2.96. The minimum absolute atomic E-state index is 1.02. The fourth-order valence-corrected chi connectivity index (χ4v) is 2.76. The highest BCUT2D eigenvalue weighted by Gasteiger charge is 2.02. The minimum atomic E-state index is 1.02. The second-order valence-electron chi connectivity index (χ2n) is 4.13. The highest BCUT2D eigenvalue weighted by atomic mass is 32.1. The number of hydrogen-bond donors (Lipinski definition) is 1. The zero-order valence-corrected chi connectivity index (χ0v) is 10.3. The molecule has 86 valence electrons. The second-order valence-corrected chi connectivity index (χ2v) is 5.17. The maximum Gasteiger partial charge on any atom is 0.107 e. The normalized spacial score (nSPS) is 11.1. The van der Waals surface area contributed by atoms with E-state index >= 15 is 0 Å². The van der Waals surface area contributed by atoms with E-state index in [0.29, 0.717) is 0 Å². The number of H-pyrrole nitrogens is 1. The quantitative estimate of drug-likeness (QED) is 0.740. The van der Waals surface area contributed by atoms with Gasteiger partial charge in [0.25, 0.3) is 0 Å². The van der Waals surface area contributed by atoms with Crippen LogP contribution in [0.3, 0.4) is 0 Å². The van der Waals surface area contributed by atoms with E-state index < -0.39 is 0 Å². The van der Waals surface area contributed by atoms with E-state index in [-0.39, 0.29) is 0 Å². The number of benzene rings is 1. The molecule has 3 rings (SSSR count). The smallest absolute Gasteiger partial charge is 0.107 e. The van der Waals surface area contributed by atoms with Crippen molar-refractivity contribution in [2.45, 2.75) is 19.3 Å². The fourth-order valence-electron chi connectivity index (χ4n) is 2.01. The molecule has 0 saturated heterocycles. The van der Waals surface area contributed by atoms with Crippen LogP contribution in [0, 0.1) is 0 Å². The summed E-state index contributed by atoms with van der Waals surface area (Å²) < 4.78 is 0. The molecule has 3 aromatic rings. The molecule has 17 heavy (non-hydrogen) atoms. The lowest BCUT2D eigenvalue weighted by atomic mass is 10.2. The monoisotopic (exact) mass is 242 g/mol. The molecule has 0 spiro atoms. The average molecular weight is 242 g/mol. The molecule has 2 aromatic heterocycles. The van der Waals surface area contributed by atoms with Crippen molar-refractivity contribution in [2.24, 2.45) is 0 Å². The summed E-state index contributed by atoms with van der Waals surface area (Å²) in [7, 11) is 0. The second kappa shape index (κ2) is 4.72. The van der Waals surface area contributed by atoms with Crippen LogP contribution in [0.5, 0.6) is 0 Å². The van der Waals surface area contributed by atoms with Crippen molar-refractivity contribution >= 4 is 22.4 Å². The molecule has 3 heteroatoms. The minimum Gasteiger partial charge on any atom is -0.342 e. The van der Waals surface area contributed by atoms with Crippen LogP contribution in [0.1, 0.15) is 17.1 Å². The first kappa shape index (κ1) is 10.5. The number of nitrogens with one attached hydrogen (secondary N) is 1. The molecule has 0 atom stereocenters. The van der Waals surface area contributed by atoms with E-state index in [9.17, 15) is 0 Å². The van der Waals surface area contributed by atoms with E-state index in [1.54, 1.807) is 0 Å². The molecule has 0 bridgehead atoms. The van der Waals surface area contributed by atoms with Gasteiger partial charge in [-0.3, -0.25) is 0 Å². The van der Waals surface area contributed by atoms with Crippen molar-refractivity contribution in [1.29, 1.82) is 0 Å². The van der Waals surface area contributed by atoms with Gasteiger partial charge in [0.05, 0.1) is 11.0 Å². The van der Waals surface area contributed by atoms with E-state index in [0.717, 1.165) is 36.1 Å². The predicted molar refractivity (Wildman–Crippen MR) is 72.4 cm³/mol. The summed E-state index contributed by atoms with van der Waals surface area (Å²) in [6, 6.07) is 12.5. The van der Waals surface area contributed by atoms with Crippen molar-refractivity contribution in [1.82, 2.24) is 9.97 Å². The summed E-state index contributed by atoms with van der Waals surface area (Å²) >= 11 is 1.83. The molecule has 1 aromatic carbocycles. The molecule has 0 amide bonds. The molecule has 1 N–H and O–H groups in total. The number of rotatable bonds is 4. The number of hydrogen-bond acceptors (Lipinski definition) is 2. The zero-order valence-electron chi connectivity index (χ0n) is 9.52. The van der Waals surface area contributed by atoms with Crippen LogP contribution >= 0.6 is 11.3 Å².